The second-order valence-electron chi connectivity index (χ2n) is 4.49. The van der Waals surface area contributed by atoms with E-state index in [4.69, 9.17) is 16.9 Å². The van der Waals surface area contributed by atoms with Gasteiger partial charge in [-0.15, -0.1) is 0 Å². The highest BCUT2D eigenvalue weighted by Crippen LogP contribution is 2.28. The van der Waals surface area contributed by atoms with Gasteiger partial charge < -0.3 is 5.32 Å². The van der Waals surface area contributed by atoms with E-state index in [0.717, 1.165) is 5.56 Å². The molecule has 0 radical (unpaired) electrons. The molecule has 0 bridgehead atoms. The van der Waals surface area contributed by atoms with E-state index in [0.29, 0.717) is 10.7 Å². The Morgan fingerprint density at radius 2 is 2.05 bits per heavy atom. The summed E-state index contributed by atoms with van der Waals surface area (Å²) in [6.07, 6.45) is 0. The molecule has 2 aromatic rings. The van der Waals surface area contributed by atoms with Gasteiger partial charge in [-0.05, 0) is 30.7 Å². The number of nitrogens with zero attached hydrogens (tertiary/aromatic N) is 2. The van der Waals surface area contributed by atoms with Crippen LogP contribution in [0.15, 0.2) is 42.5 Å². The second kappa shape index (κ2) is 6.25. The van der Waals surface area contributed by atoms with Gasteiger partial charge in [-0.3, -0.25) is 10.1 Å². The number of nitro benzene ring substituents is 1. The normalized spacial score (nSPS) is 11.5. The summed E-state index contributed by atoms with van der Waals surface area (Å²) in [6, 6.07) is 13.5. The van der Waals surface area contributed by atoms with Crippen molar-refractivity contribution in [3.63, 3.8) is 0 Å². The number of hydrogen-bond donors (Lipinski definition) is 1. The first kappa shape index (κ1) is 14.8. The molecule has 21 heavy (non-hydrogen) atoms. The second-order valence-corrected chi connectivity index (χ2v) is 4.90. The molecule has 0 fully saturated rings. The Bertz CT molecular complexity index is 725. The largest absolute Gasteiger partial charge is 0.378 e. The van der Waals surface area contributed by atoms with Crippen LogP contribution in [0.2, 0.25) is 5.02 Å². The lowest BCUT2D eigenvalue weighted by atomic mass is 10.1. The summed E-state index contributed by atoms with van der Waals surface area (Å²) in [5.74, 6) is 0. The molecule has 0 amide bonds. The van der Waals surface area contributed by atoms with E-state index in [1.807, 2.05) is 31.2 Å². The molecule has 1 N–H and O–H groups in total. The maximum atomic E-state index is 10.8. The molecule has 0 saturated heterocycles. The minimum atomic E-state index is -0.570. The highest BCUT2D eigenvalue weighted by Gasteiger charge is 2.15. The fraction of sp³-hybridized carbons (Fsp3) is 0.133. The SMILES string of the molecule is CC(Nc1ccc([N+](=O)[O-])c(C#N)c1)c1ccccc1Cl. The molecule has 0 aromatic heterocycles. The van der Waals surface area contributed by atoms with Crippen LogP contribution in [0.3, 0.4) is 0 Å². The van der Waals surface area contributed by atoms with Crippen molar-refractivity contribution in [3.8, 4) is 6.07 Å². The van der Waals surface area contributed by atoms with Crippen LogP contribution in [0, 0.1) is 21.4 Å². The van der Waals surface area contributed by atoms with Crippen molar-refractivity contribution in [2.24, 2.45) is 0 Å². The van der Waals surface area contributed by atoms with Crippen molar-refractivity contribution in [1.82, 2.24) is 0 Å². The topological polar surface area (TPSA) is 79.0 Å². The number of nitrogens with one attached hydrogen (secondary N) is 1. The molecule has 1 atom stereocenters. The maximum Gasteiger partial charge on any atom is 0.287 e. The Morgan fingerprint density at radius 3 is 2.67 bits per heavy atom. The predicted molar refractivity (Wildman–Crippen MR) is 81.3 cm³/mol. The van der Waals surface area contributed by atoms with Crippen LogP contribution < -0.4 is 5.32 Å². The summed E-state index contributed by atoms with van der Waals surface area (Å²) in [5.41, 5.74) is 1.37. The van der Waals surface area contributed by atoms with Crippen molar-refractivity contribution in [2.45, 2.75) is 13.0 Å². The lowest BCUT2D eigenvalue weighted by molar-refractivity contribution is -0.385. The zero-order chi connectivity index (χ0) is 15.4. The fourth-order valence-electron chi connectivity index (χ4n) is 2.03. The molecule has 106 valence electrons. The summed E-state index contributed by atoms with van der Waals surface area (Å²) in [7, 11) is 0. The standard InChI is InChI=1S/C15H12ClN3O2/c1-10(13-4-2-3-5-14(13)16)18-12-6-7-15(19(20)21)11(8-12)9-17/h2-8,10,18H,1H3. The highest BCUT2D eigenvalue weighted by molar-refractivity contribution is 6.31. The van der Waals surface area contributed by atoms with E-state index in [1.54, 1.807) is 12.1 Å². The van der Waals surface area contributed by atoms with E-state index >= 15 is 0 Å². The van der Waals surface area contributed by atoms with Crippen molar-refractivity contribution in [1.29, 1.82) is 5.26 Å². The molecule has 0 aliphatic heterocycles. The highest BCUT2D eigenvalue weighted by atomic mass is 35.5. The van der Waals surface area contributed by atoms with Gasteiger partial charge in [-0.2, -0.15) is 5.26 Å². The predicted octanol–water partition coefficient (Wildman–Crippen LogP) is 4.29. The first-order valence-electron chi connectivity index (χ1n) is 6.22. The van der Waals surface area contributed by atoms with Gasteiger partial charge in [0.05, 0.1) is 4.92 Å². The van der Waals surface area contributed by atoms with Gasteiger partial charge in [0.15, 0.2) is 0 Å². The zero-order valence-electron chi connectivity index (χ0n) is 11.2. The summed E-state index contributed by atoms with van der Waals surface area (Å²) in [5, 5.41) is 23.6. The average molecular weight is 302 g/mol. The minimum absolute atomic E-state index is 0.0244. The fourth-order valence-corrected chi connectivity index (χ4v) is 2.33. The Kier molecular flexibility index (Phi) is 4.41. The first-order valence-corrected chi connectivity index (χ1v) is 6.60. The molecule has 0 saturated carbocycles. The quantitative estimate of drug-likeness (QED) is 0.674. The Hall–Kier alpha value is -2.58. The third-order valence-electron chi connectivity index (χ3n) is 3.07. The average Bonchev–Trinajstić information content (AvgIpc) is 2.47. The summed E-state index contributed by atoms with van der Waals surface area (Å²) in [6.45, 7) is 1.93. The minimum Gasteiger partial charge on any atom is -0.378 e. The number of benzene rings is 2. The van der Waals surface area contributed by atoms with Crippen LogP contribution in [0.5, 0.6) is 0 Å². The maximum absolute atomic E-state index is 10.8. The Balaban J connectivity index is 2.27. The van der Waals surface area contributed by atoms with E-state index in [-0.39, 0.29) is 17.3 Å². The molecule has 1 unspecified atom stereocenters. The number of halogens is 1. The molecule has 5 nitrogen and oxygen atoms in total. The van der Waals surface area contributed by atoms with Crippen molar-refractivity contribution < 1.29 is 4.92 Å². The van der Waals surface area contributed by atoms with E-state index in [2.05, 4.69) is 5.32 Å². The first-order chi connectivity index (χ1) is 10.0. The van der Waals surface area contributed by atoms with Gasteiger partial charge in [-0.1, -0.05) is 29.8 Å². The number of rotatable bonds is 4. The number of nitriles is 1. The molecule has 0 aliphatic carbocycles. The molecular weight excluding hydrogens is 290 g/mol. The Morgan fingerprint density at radius 1 is 1.33 bits per heavy atom. The number of hydrogen-bond acceptors (Lipinski definition) is 4. The van der Waals surface area contributed by atoms with Crippen LogP contribution in [0.4, 0.5) is 11.4 Å². The van der Waals surface area contributed by atoms with Gasteiger partial charge in [0, 0.05) is 22.8 Å². The zero-order valence-corrected chi connectivity index (χ0v) is 12.0. The lowest BCUT2D eigenvalue weighted by Crippen LogP contribution is -2.07. The van der Waals surface area contributed by atoms with E-state index in [1.165, 1.54) is 12.1 Å². The van der Waals surface area contributed by atoms with Crippen molar-refractivity contribution in [3.05, 3.63) is 68.7 Å². The third kappa shape index (κ3) is 3.30. The van der Waals surface area contributed by atoms with Crippen LogP contribution in [0.1, 0.15) is 24.1 Å². The molecular formula is C15H12ClN3O2. The van der Waals surface area contributed by atoms with Crippen molar-refractivity contribution in [2.75, 3.05) is 5.32 Å². The van der Waals surface area contributed by atoms with Crippen LogP contribution >= 0.6 is 11.6 Å². The van der Waals surface area contributed by atoms with Gasteiger partial charge in [0.1, 0.15) is 11.6 Å². The lowest BCUT2D eigenvalue weighted by Gasteiger charge is -2.17. The van der Waals surface area contributed by atoms with Crippen LogP contribution in [-0.4, -0.2) is 4.92 Å². The molecule has 0 aliphatic rings. The van der Waals surface area contributed by atoms with Crippen LogP contribution in [0.25, 0.3) is 0 Å². The van der Waals surface area contributed by atoms with Gasteiger partial charge in [0.2, 0.25) is 0 Å². The van der Waals surface area contributed by atoms with E-state index in [9.17, 15) is 10.1 Å². The Labute approximate surface area is 126 Å². The van der Waals surface area contributed by atoms with Gasteiger partial charge >= 0.3 is 0 Å². The van der Waals surface area contributed by atoms with Gasteiger partial charge in [0.25, 0.3) is 5.69 Å². The summed E-state index contributed by atoms with van der Waals surface area (Å²) >= 11 is 6.13. The van der Waals surface area contributed by atoms with Gasteiger partial charge in [-0.25, -0.2) is 0 Å². The molecule has 2 aromatic carbocycles. The molecule has 2 rings (SSSR count). The van der Waals surface area contributed by atoms with E-state index < -0.39 is 4.92 Å². The number of anilines is 1. The van der Waals surface area contributed by atoms with Crippen molar-refractivity contribution >= 4 is 23.0 Å². The summed E-state index contributed by atoms with van der Waals surface area (Å²) < 4.78 is 0. The van der Waals surface area contributed by atoms with Crippen LogP contribution in [-0.2, 0) is 0 Å². The molecule has 0 spiro atoms. The molecule has 6 heteroatoms. The molecule has 0 heterocycles. The third-order valence-corrected chi connectivity index (χ3v) is 3.41. The monoisotopic (exact) mass is 301 g/mol. The smallest absolute Gasteiger partial charge is 0.287 e. The summed E-state index contributed by atoms with van der Waals surface area (Å²) in [4.78, 5) is 10.2. The number of nitro groups is 1.